The van der Waals surface area contributed by atoms with E-state index >= 15 is 0 Å². The molecule has 2 aliphatic heterocycles. The number of benzene rings is 3. The fourth-order valence-electron chi connectivity index (χ4n) is 6.81. The van der Waals surface area contributed by atoms with Crippen LogP contribution < -0.4 is 10.1 Å². The van der Waals surface area contributed by atoms with Crippen LogP contribution in [0.25, 0.3) is 5.57 Å². The molecule has 3 aromatic carbocycles. The minimum Gasteiger partial charge on any atom is -0.493 e. The molecule has 2 bridgehead atoms. The van der Waals surface area contributed by atoms with Gasteiger partial charge in [0.2, 0.25) is 0 Å². The van der Waals surface area contributed by atoms with Gasteiger partial charge in [0.25, 0.3) is 5.91 Å². The van der Waals surface area contributed by atoms with E-state index < -0.39 is 12.1 Å². The van der Waals surface area contributed by atoms with Crippen molar-refractivity contribution in [3.05, 3.63) is 106 Å². The van der Waals surface area contributed by atoms with Crippen LogP contribution in [-0.2, 0) is 17.6 Å². The van der Waals surface area contributed by atoms with Crippen molar-refractivity contribution in [3.63, 3.8) is 0 Å². The van der Waals surface area contributed by atoms with Gasteiger partial charge < -0.3 is 20.1 Å². The number of aryl methyl sites for hydroxylation is 2. The minimum atomic E-state index is -0.956. The van der Waals surface area contributed by atoms with Crippen LogP contribution in [0, 0.1) is 20.8 Å². The Morgan fingerprint density at radius 3 is 2.32 bits per heavy atom. The normalized spacial score (nSPS) is 19.6. The van der Waals surface area contributed by atoms with Gasteiger partial charge in [0.05, 0.1) is 18.7 Å². The lowest BCUT2D eigenvalue weighted by Gasteiger charge is -2.47. The summed E-state index contributed by atoms with van der Waals surface area (Å²) in [5.74, 6) is 0.950. The highest BCUT2D eigenvalue weighted by atomic mass is 16.5. The number of nitrogens with one attached hydrogen (secondary N) is 1. The lowest BCUT2D eigenvalue weighted by Crippen LogP contribution is -2.63. The Balaban J connectivity index is 1.26. The Bertz CT molecular complexity index is 1540. The zero-order valence-electron chi connectivity index (χ0n) is 26.0. The molecule has 0 radical (unpaired) electrons. The van der Waals surface area contributed by atoms with Gasteiger partial charge in [-0.1, -0.05) is 66.7 Å². The van der Waals surface area contributed by atoms with Crippen molar-refractivity contribution in [1.29, 1.82) is 0 Å². The van der Waals surface area contributed by atoms with Gasteiger partial charge in [0.15, 0.2) is 0 Å². The predicted molar refractivity (Wildman–Crippen MR) is 173 cm³/mol. The fourth-order valence-corrected chi connectivity index (χ4v) is 6.81. The number of piperazine rings is 1. The molecule has 1 aliphatic carbocycles. The molecule has 0 unspecified atom stereocenters. The molecule has 7 nitrogen and oxygen atoms in total. The van der Waals surface area contributed by atoms with E-state index in [0.29, 0.717) is 38.2 Å². The standard InChI is InChI=1S/C37H43N3O4/c1-24-9-10-25(2)35(26(24)3)44-20-18-28-11-13-29(14-12-28)32-21-31-22-38-23-33(40(31)37(42)43)34(32)36(41)39(30-15-16-30)19-17-27-7-5-4-6-8-27/h4-14,30-31,33,38H,15-23H2,1-3H3,(H,42,43)/t31-,33-/m1/s1. The van der Waals surface area contributed by atoms with Crippen molar-refractivity contribution >= 4 is 17.6 Å². The van der Waals surface area contributed by atoms with Crippen molar-refractivity contribution in [2.24, 2.45) is 0 Å². The number of hydrogen-bond donors (Lipinski definition) is 2. The van der Waals surface area contributed by atoms with Gasteiger partial charge in [-0.3, -0.25) is 9.69 Å². The Labute approximate surface area is 260 Å². The quantitative estimate of drug-likeness (QED) is 0.304. The van der Waals surface area contributed by atoms with E-state index in [4.69, 9.17) is 4.74 Å². The van der Waals surface area contributed by atoms with Crippen LogP contribution in [0.4, 0.5) is 4.79 Å². The molecule has 7 heteroatoms. The summed E-state index contributed by atoms with van der Waals surface area (Å²) in [5.41, 5.74) is 8.54. The lowest BCUT2D eigenvalue weighted by atomic mass is 9.81. The topological polar surface area (TPSA) is 82.1 Å². The Kier molecular flexibility index (Phi) is 8.76. The van der Waals surface area contributed by atoms with E-state index in [0.717, 1.165) is 53.7 Å². The van der Waals surface area contributed by atoms with E-state index in [2.05, 4.69) is 74.6 Å². The zero-order valence-corrected chi connectivity index (χ0v) is 26.0. The van der Waals surface area contributed by atoms with Crippen LogP contribution in [0.3, 0.4) is 0 Å². The number of rotatable bonds is 10. The van der Waals surface area contributed by atoms with E-state index in [-0.39, 0.29) is 18.0 Å². The number of carbonyl (C=O) groups is 2. The third-order valence-corrected chi connectivity index (χ3v) is 9.54. The minimum absolute atomic E-state index is 0.0156. The first-order valence-electron chi connectivity index (χ1n) is 15.9. The summed E-state index contributed by atoms with van der Waals surface area (Å²) in [6, 6.07) is 22.4. The first kappa shape index (κ1) is 29.9. The van der Waals surface area contributed by atoms with Gasteiger partial charge in [-0.25, -0.2) is 4.79 Å². The molecule has 2 heterocycles. The van der Waals surface area contributed by atoms with Crippen LogP contribution in [0.1, 0.15) is 52.6 Å². The Morgan fingerprint density at radius 2 is 1.61 bits per heavy atom. The lowest BCUT2D eigenvalue weighted by molar-refractivity contribution is -0.128. The summed E-state index contributed by atoms with van der Waals surface area (Å²) >= 11 is 0. The Hall–Kier alpha value is -4.10. The summed E-state index contributed by atoms with van der Waals surface area (Å²) in [6.07, 6.45) is 3.10. The maximum Gasteiger partial charge on any atom is 0.408 e. The van der Waals surface area contributed by atoms with Crippen molar-refractivity contribution in [2.75, 3.05) is 26.2 Å². The van der Waals surface area contributed by atoms with E-state index in [1.54, 1.807) is 0 Å². The van der Waals surface area contributed by atoms with Gasteiger partial charge in [0, 0.05) is 37.7 Å². The maximum atomic E-state index is 14.5. The monoisotopic (exact) mass is 593 g/mol. The second-order valence-corrected chi connectivity index (χ2v) is 12.5. The zero-order chi connectivity index (χ0) is 30.8. The smallest absolute Gasteiger partial charge is 0.408 e. The highest BCUT2D eigenvalue weighted by Crippen LogP contribution is 2.39. The number of ether oxygens (including phenoxy) is 1. The third kappa shape index (κ3) is 6.25. The van der Waals surface area contributed by atoms with Crippen molar-refractivity contribution < 1.29 is 19.4 Å². The van der Waals surface area contributed by atoms with E-state index in [1.807, 2.05) is 23.1 Å². The average Bonchev–Trinajstić information content (AvgIpc) is 3.86. The van der Waals surface area contributed by atoms with Gasteiger partial charge in [-0.15, -0.1) is 0 Å². The molecular formula is C37H43N3O4. The molecule has 1 saturated carbocycles. The number of carboxylic acid groups (broad SMARTS) is 1. The summed E-state index contributed by atoms with van der Waals surface area (Å²) in [6.45, 7) is 8.52. The number of fused-ring (bicyclic) bond motifs is 2. The van der Waals surface area contributed by atoms with Crippen molar-refractivity contribution in [2.45, 2.75) is 71.0 Å². The largest absolute Gasteiger partial charge is 0.493 e. The van der Waals surface area contributed by atoms with E-state index in [9.17, 15) is 14.7 Å². The van der Waals surface area contributed by atoms with E-state index in [1.165, 1.54) is 21.6 Å². The molecule has 0 aromatic heterocycles. The highest BCUT2D eigenvalue weighted by Gasteiger charge is 2.46. The molecule has 2 fully saturated rings. The maximum absolute atomic E-state index is 14.5. The van der Waals surface area contributed by atoms with Crippen LogP contribution in [-0.4, -0.2) is 71.3 Å². The molecule has 6 rings (SSSR count). The molecule has 1 saturated heterocycles. The molecule has 2 amide bonds. The van der Waals surface area contributed by atoms with Gasteiger partial charge >= 0.3 is 6.09 Å². The van der Waals surface area contributed by atoms with Gasteiger partial charge in [-0.2, -0.15) is 0 Å². The molecule has 3 aliphatic rings. The van der Waals surface area contributed by atoms with Crippen LogP contribution in [0.5, 0.6) is 5.75 Å². The Morgan fingerprint density at radius 1 is 0.909 bits per heavy atom. The molecule has 44 heavy (non-hydrogen) atoms. The SMILES string of the molecule is Cc1ccc(C)c(OCCc2ccc(C3=C(C(=O)N(CCc4ccccc4)C4CC4)[C@H]4CNC[C@@H](C3)N4C(=O)O)cc2)c1C. The second-order valence-electron chi connectivity index (χ2n) is 12.5. The average molecular weight is 594 g/mol. The van der Waals surface area contributed by atoms with Crippen molar-refractivity contribution in [1.82, 2.24) is 15.1 Å². The van der Waals surface area contributed by atoms with Gasteiger partial charge in [0.1, 0.15) is 5.75 Å². The molecule has 230 valence electrons. The molecule has 3 aromatic rings. The number of nitrogens with zero attached hydrogens (tertiary/aromatic N) is 2. The highest BCUT2D eigenvalue weighted by molar-refractivity contribution is 6.04. The van der Waals surface area contributed by atoms with Crippen LogP contribution in [0.15, 0.2) is 72.3 Å². The second kappa shape index (κ2) is 12.9. The van der Waals surface area contributed by atoms with Crippen LogP contribution in [0.2, 0.25) is 0 Å². The number of carbonyl (C=O) groups excluding carboxylic acids is 1. The summed E-state index contributed by atoms with van der Waals surface area (Å²) in [4.78, 5) is 30.5. The molecule has 2 atom stereocenters. The molecule has 0 spiro atoms. The van der Waals surface area contributed by atoms with Crippen molar-refractivity contribution in [3.8, 4) is 5.75 Å². The fraction of sp³-hybridized carbons (Fsp3) is 0.405. The number of amides is 2. The first-order chi connectivity index (χ1) is 21.3. The van der Waals surface area contributed by atoms with Gasteiger partial charge in [-0.05, 0) is 85.4 Å². The summed E-state index contributed by atoms with van der Waals surface area (Å²) < 4.78 is 6.21. The molecular weight excluding hydrogens is 550 g/mol. The first-order valence-corrected chi connectivity index (χ1v) is 15.9. The predicted octanol–water partition coefficient (Wildman–Crippen LogP) is 5.94. The molecule has 2 N–H and O–H groups in total. The summed E-state index contributed by atoms with van der Waals surface area (Å²) in [7, 11) is 0. The van der Waals surface area contributed by atoms with Crippen LogP contribution >= 0.6 is 0 Å². The third-order valence-electron chi connectivity index (χ3n) is 9.54. The number of hydrogen-bond acceptors (Lipinski definition) is 4. The summed E-state index contributed by atoms with van der Waals surface area (Å²) in [5, 5.41) is 13.6.